The van der Waals surface area contributed by atoms with Gasteiger partial charge in [0.25, 0.3) is 17.5 Å². The summed E-state index contributed by atoms with van der Waals surface area (Å²) in [6, 6.07) is 17.8. The number of benzene rings is 3. The predicted octanol–water partition coefficient (Wildman–Crippen LogP) is 3.06. The van der Waals surface area contributed by atoms with Crippen LogP contribution in [0.25, 0.3) is 0 Å². The third-order valence-electron chi connectivity index (χ3n) is 4.95. The Kier molecular flexibility index (Phi) is 5.30. The molecule has 4 rings (SSSR count). The lowest BCUT2D eigenvalue weighted by Gasteiger charge is -2.15. The molecule has 3 amide bonds. The highest BCUT2D eigenvalue weighted by Crippen LogP contribution is 2.26. The van der Waals surface area contributed by atoms with E-state index in [1.807, 2.05) is 0 Å². The van der Waals surface area contributed by atoms with Gasteiger partial charge in [-0.3, -0.25) is 34.2 Å². The summed E-state index contributed by atoms with van der Waals surface area (Å²) < 4.78 is 0. The number of carbonyl (C=O) groups is 4. The molecule has 1 N–H and O–H groups in total. The van der Waals surface area contributed by atoms with Crippen molar-refractivity contribution in [1.82, 2.24) is 4.90 Å². The van der Waals surface area contributed by atoms with E-state index in [-0.39, 0.29) is 33.6 Å². The highest BCUT2D eigenvalue weighted by molar-refractivity contribution is 6.23. The number of hydrogen-bond donors (Lipinski definition) is 1. The number of fused-ring (bicyclic) bond motifs is 1. The van der Waals surface area contributed by atoms with Gasteiger partial charge in [0.05, 0.1) is 27.3 Å². The summed E-state index contributed by atoms with van der Waals surface area (Å²) in [6.07, 6.45) is 0. The minimum Gasteiger partial charge on any atom is -0.324 e. The minimum absolute atomic E-state index is 0.0334. The molecule has 3 aromatic carbocycles. The maximum atomic E-state index is 12.9. The van der Waals surface area contributed by atoms with Gasteiger partial charge in [-0.1, -0.05) is 42.5 Å². The Morgan fingerprint density at radius 3 is 2.06 bits per heavy atom. The van der Waals surface area contributed by atoms with Gasteiger partial charge in [0.1, 0.15) is 6.54 Å². The third-order valence-corrected chi connectivity index (χ3v) is 4.95. The summed E-state index contributed by atoms with van der Waals surface area (Å²) in [6.45, 7) is -0.567. The zero-order valence-corrected chi connectivity index (χ0v) is 16.5. The zero-order valence-electron chi connectivity index (χ0n) is 16.5. The number of nitrogens with zero attached hydrogens (tertiary/aromatic N) is 2. The Bertz CT molecular complexity index is 1250. The molecule has 9 nitrogen and oxygen atoms in total. The Hall–Kier alpha value is -4.66. The van der Waals surface area contributed by atoms with Crippen LogP contribution in [0.15, 0.2) is 72.8 Å². The number of amides is 3. The maximum absolute atomic E-state index is 12.9. The molecule has 1 heterocycles. The normalized spacial score (nSPS) is 12.4. The van der Waals surface area contributed by atoms with Gasteiger partial charge < -0.3 is 5.32 Å². The van der Waals surface area contributed by atoms with Crippen molar-refractivity contribution >= 4 is 34.9 Å². The molecule has 0 bridgehead atoms. The summed E-state index contributed by atoms with van der Waals surface area (Å²) >= 11 is 0. The molecule has 0 fully saturated rings. The second-order valence-corrected chi connectivity index (χ2v) is 6.97. The number of nitrogens with one attached hydrogen (secondary N) is 1. The number of carbonyl (C=O) groups excluding carboxylic acids is 4. The first-order valence-corrected chi connectivity index (χ1v) is 9.50. The standard InChI is InChI=1S/C23H15N3O6/c27-20(13-25-22(29)16-8-4-5-9-17(16)23(25)30)24-19-11-10-15(26(31)32)12-18(19)21(28)14-6-2-1-3-7-14/h1-12H,13H2,(H,24,27). The fraction of sp³-hybridized carbons (Fsp3) is 0.0435. The van der Waals surface area contributed by atoms with E-state index in [0.717, 1.165) is 17.0 Å². The van der Waals surface area contributed by atoms with Crippen molar-refractivity contribution in [3.63, 3.8) is 0 Å². The average Bonchev–Trinajstić information content (AvgIpc) is 3.04. The van der Waals surface area contributed by atoms with Gasteiger partial charge in [-0.05, 0) is 18.2 Å². The van der Waals surface area contributed by atoms with Crippen LogP contribution in [0.5, 0.6) is 0 Å². The molecule has 1 aliphatic heterocycles. The number of ketones is 1. The van der Waals surface area contributed by atoms with Crippen molar-refractivity contribution < 1.29 is 24.1 Å². The molecule has 0 unspecified atom stereocenters. The topological polar surface area (TPSA) is 127 Å². The van der Waals surface area contributed by atoms with Gasteiger partial charge >= 0.3 is 0 Å². The molecule has 3 aromatic rings. The van der Waals surface area contributed by atoms with Crippen LogP contribution >= 0.6 is 0 Å². The minimum atomic E-state index is -0.726. The molecule has 158 valence electrons. The van der Waals surface area contributed by atoms with Gasteiger partial charge in [-0.15, -0.1) is 0 Å². The third kappa shape index (κ3) is 3.74. The largest absolute Gasteiger partial charge is 0.324 e. The van der Waals surface area contributed by atoms with E-state index < -0.39 is 35.0 Å². The Labute approximate surface area is 181 Å². The summed E-state index contributed by atoms with van der Waals surface area (Å²) in [5.41, 5.74) is 0.333. The zero-order chi connectivity index (χ0) is 22.8. The van der Waals surface area contributed by atoms with Crippen LogP contribution in [0.4, 0.5) is 11.4 Å². The summed E-state index contributed by atoms with van der Waals surface area (Å²) in [5.74, 6) is -2.43. The van der Waals surface area contributed by atoms with Crippen LogP contribution in [0.2, 0.25) is 0 Å². The molecule has 0 saturated carbocycles. The van der Waals surface area contributed by atoms with E-state index in [0.29, 0.717) is 0 Å². The second kappa shape index (κ2) is 8.23. The first kappa shape index (κ1) is 20.6. The lowest BCUT2D eigenvalue weighted by molar-refractivity contribution is -0.384. The van der Waals surface area contributed by atoms with E-state index in [1.165, 1.54) is 18.2 Å². The van der Waals surface area contributed by atoms with E-state index in [4.69, 9.17) is 0 Å². The van der Waals surface area contributed by atoms with Crippen molar-refractivity contribution in [2.45, 2.75) is 0 Å². The van der Waals surface area contributed by atoms with Crippen LogP contribution < -0.4 is 5.32 Å². The molecular weight excluding hydrogens is 414 g/mol. The monoisotopic (exact) mass is 429 g/mol. The van der Waals surface area contributed by atoms with Crippen molar-refractivity contribution in [1.29, 1.82) is 0 Å². The average molecular weight is 429 g/mol. The van der Waals surface area contributed by atoms with Crippen LogP contribution in [-0.2, 0) is 4.79 Å². The van der Waals surface area contributed by atoms with E-state index >= 15 is 0 Å². The van der Waals surface area contributed by atoms with Gasteiger partial charge in [0.15, 0.2) is 5.78 Å². The molecule has 0 radical (unpaired) electrons. The van der Waals surface area contributed by atoms with Crippen LogP contribution in [-0.4, -0.2) is 39.9 Å². The van der Waals surface area contributed by atoms with Crippen LogP contribution in [0, 0.1) is 10.1 Å². The fourth-order valence-corrected chi connectivity index (χ4v) is 3.40. The molecular formula is C23H15N3O6. The molecule has 0 aliphatic carbocycles. The Morgan fingerprint density at radius 2 is 1.47 bits per heavy atom. The number of rotatable bonds is 6. The number of nitro groups is 1. The Morgan fingerprint density at radius 1 is 0.875 bits per heavy atom. The van der Waals surface area contributed by atoms with Crippen LogP contribution in [0.1, 0.15) is 36.6 Å². The number of non-ortho nitro benzene ring substituents is 1. The number of nitro benzene ring substituents is 1. The van der Waals surface area contributed by atoms with E-state index in [9.17, 15) is 29.3 Å². The van der Waals surface area contributed by atoms with Crippen molar-refractivity contribution in [3.05, 3.63) is 105 Å². The first-order chi connectivity index (χ1) is 15.4. The van der Waals surface area contributed by atoms with Crippen molar-refractivity contribution in [2.75, 3.05) is 11.9 Å². The smallest absolute Gasteiger partial charge is 0.270 e. The molecule has 0 saturated heterocycles. The predicted molar refractivity (Wildman–Crippen MR) is 113 cm³/mol. The lowest BCUT2D eigenvalue weighted by Crippen LogP contribution is -2.37. The van der Waals surface area contributed by atoms with Gasteiger partial charge in [-0.25, -0.2) is 0 Å². The quantitative estimate of drug-likeness (QED) is 0.278. The SMILES string of the molecule is O=C(CN1C(=O)c2ccccc2C1=O)Nc1ccc([N+](=O)[O-])cc1C(=O)c1ccccc1. The summed E-state index contributed by atoms with van der Waals surface area (Å²) in [5, 5.41) is 13.7. The van der Waals surface area contributed by atoms with E-state index in [1.54, 1.807) is 42.5 Å². The van der Waals surface area contributed by atoms with Gasteiger partial charge in [0, 0.05) is 17.7 Å². The lowest BCUT2D eigenvalue weighted by atomic mass is 10.0. The van der Waals surface area contributed by atoms with E-state index in [2.05, 4.69) is 5.32 Å². The molecule has 0 spiro atoms. The van der Waals surface area contributed by atoms with Crippen LogP contribution in [0.3, 0.4) is 0 Å². The highest BCUT2D eigenvalue weighted by Gasteiger charge is 2.36. The van der Waals surface area contributed by atoms with Crippen molar-refractivity contribution in [3.8, 4) is 0 Å². The number of anilines is 1. The highest BCUT2D eigenvalue weighted by atomic mass is 16.6. The first-order valence-electron chi connectivity index (χ1n) is 9.50. The molecule has 0 aromatic heterocycles. The second-order valence-electron chi connectivity index (χ2n) is 6.97. The van der Waals surface area contributed by atoms with Gasteiger partial charge in [0.2, 0.25) is 5.91 Å². The number of hydrogen-bond acceptors (Lipinski definition) is 6. The molecule has 32 heavy (non-hydrogen) atoms. The molecule has 9 heteroatoms. The number of imide groups is 1. The molecule has 0 atom stereocenters. The Balaban J connectivity index is 1.60. The summed E-state index contributed by atoms with van der Waals surface area (Å²) in [4.78, 5) is 61.9. The maximum Gasteiger partial charge on any atom is 0.270 e. The van der Waals surface area contributed by atoms with Gasteiger partial charge in [-0.2, -0.15) is 0 Å². The fourth-order valence-electron chi connectivity index (χ4n) is 3.40. The molecule has 1 aliphatic rings. The van der Waals surface area contributed by atoms with Crippen molar-refractivity contribution in [2.24, 2.45) is 0 Å². The summed E-state index contributed by atoms with van der Waals surface area (Å²) in [7, 11) is 0.